The maximum Gasteiger partial charge on any atom is 0.227 e. The highest BCUT2D eigenvalue weighted by atomic mass is 16.2. The Kier molecular flexibility index (Phi) is 6.70. The third-order valence-electron chi connectivity index (χ3n) is 6.03. The molecule has 1 aromatic carbocycles. The van der Waals surface area contributed by atoms with Gasteiger partial charge < -0.3 is 10.2 Å². The summed E-state index contributed by atoms with van der Waals surface area (Å²) in [5, 5.41) is 3.23. The van der Waals surface area contributed by atoms with Crippen LogP contribution >= 0.6 is 0 Å². The highest BCUT2D eigenvalue weighted by Gasteiger charge is 2.30. The summed E-state index contributed by atoms with van der Waals surface area (Å²) in [6.45, 7) is 3.62. The fourth-order valence-corrected chi connectivity index (χ4v) is 4.41. The highest BCUT2D eigenvalue weighted by molar-refractivity contribution is 5.84. The molecule has 26 heavy (non-hydrogen) atoms. The molecule has 1 atom stereocenters. The standard InChI is InChI=1S/C22H32N2O2/c1-2-20(17-9-5-3-6-10-17)21(25)23-19-13-15-24(16-14-19)22(26)18-11-7-4-8-12-18/h3,5-6,9-10,18-20H,2,4,7-8,11-16H2,1H3,(H,23,25). The summed E-state index contributed by atoms with van der Waals surface area (Å²) in [6, 6.07) is 10.2. The minimum atomic E-state index is -0.0851. The number of hydrogen-bond donors (Lipinski definition) is 1. The van der Waals surface area contributed by atoms with Gasteiger partial charge in [0.2, 0.25) is 11.8 Å². The maximum absolute atomic E-state index is 12.7. The summed E-state index contributed by atoms with van der Waals surface area (Å²) in [4.78, 5) is 27.4. The molecule has 2 amide bonds. The summed E-state index contributed by atoms with van der Waals surface area (Å²) in [5.74, 6) is 0.636. The van der Waals surface area contributed by atoms with Crippen molar-refractivity contribution in [2.75, 3.05) is 13.1 Å². The average Bonchev–Trinajstić information content (AvgIpc) is 2.70. The molecule has 4 heteroatoms. The summed E-state index contributed by atoms with van der Waals surface area (Å²) in [6.07, 6.45) is 8.33. The van der Waals surface area contributed by atoms with Gasteiger partial charge in [0.1, 0.15) is 0 Å². The largest absolute Gasteiger partial charge is 0.353 e. The molecule has 1 unspecified atom stereocenters. The first-order valence-corrected chi connectivity index (χ1v) is 10.3. The predicted octanol–water partition coefficient (Wildman–Crippen LogP) is 3.87. The van der Waals surface area contributed by atoms with Gasteiger partial charge in [-0.3, -0.25) is 9.59 Å². The number of carbonyl (C=O) groups excluding carboxylic acids is 2. The van der Waals surface area contributed by atoms with E-state index >= 15 is 0 Å². The van der Waals surface area contributed by atoms with E-state index in [1.807, 2.05) is 35.2 Å². The number of nitrogens with one attached hydrogen (secondary N) is 1. The van der Waals surface area contributed by atoms with E-state index < -0.39 is 0 Å². The smallest absolute Gasteiger partial charge is 0.227 e. The van der Waals surface area contributed by atoms with Gasteiger partial charge in [0.15, 0.2) is 0 Å². The Balaban J connectivity index is 1.48. The normalized spacial score (nSPS) is 20.6. The van der Waals surface area contributed by atoms with Gasteiger partial charge >= 0.3 is 0 Å². The number of piperidine rings is 1. The monoisotopic (exact) mass is 356 g/mol. The van der Waals surface area contributed by atoms with Crippen molar-refractivity contribution in [3.63, 3.8) is 0 Å². The molecule has 2 fully saturated rings. The molecule has 3 rings (SSSR count). The number of benzene rings is 1. The number of nitrogens with zero attached hydrogens (tertiary/aromatic N) is 1. The Morgan fingerprint density at radius 2 is 1.69 bits per heavy atom. The molecule has 1 saturated heterocycles. The van der Waals surface area contributed by atoms with Crippen molar-refractivity contribution in [1.82, 2.24) is 10.2 Å². The van der Waals surface area contributed by atoms with Crippen LogP contribution < -0.4 is 5.32 Å². The topological polar surface area (TPSA) is 49.4 Å². The molecule has 1 aliphatic carbocycles. The van der Waals surface area contributed by atoms with Crippen molar-refractivity contribution in [3.05, 3.63) is 35.9 Å². The molecule has 1 saturated carbocycles. The molecular weight excluding hydrogens is 324 g/mol. The van der Waals surface area contributed by atoms with E-state index in [1.165, 1.54) is 19.3 Å². The lowest BCUT2D eigenvalue weighted by Crippen LogP contribution is -2.49. The molecule has 1 N–H and O–H groups in total. The highest BCUT2D eigenvalue weighted by Crippen LogP contribution is 2.27. The molecular formula is C22H32N2O2. The Morgan fingerprint density at radius 3 is 2.31 bits per heavy atom. The van der Waals surface area contributed by atoms with Crippen LogP contribution in [0.5, 0.6) is 0 Å². The lowest BCUT2D eigenvalue weighted by molar-refractivity contribution is -0.137. The number of carbonyl (C=O) groups is 2. The summed E-state index contributed by atoms with van der Waals surface area (Å²) in [7, 11) is 0. The van der Waals surface area contributed by atoms with Crippen molar-refractivity contribution < 1.29 is 9.59 Å². The Morgan fingerprint density at radius 1 is 1.04 bits per heavy atom. The van der Waals surface area contributed by atoms with Gasteiger partial charge in [-0.1, -0.05) is 56.5 Å². The quantitative estimate of drug-likeness (QED) is 0.871. The van der Waals surface area contributed by atoms with Crippen molar-refractivity contribution in [2.45, 2.75) is 70.3 Å². The number of likely N-dealkylation sites (tertiary alicyclic amines) is 1. The molecule has 2 aliphatic rings. The fraction of sp³-hybridized carbons (Fsp3) is 0.636. The summed E-state index contributed by atoms with van der Waals surface area (Å²) >= 11 is 0. The zero-order valence-corrected chi connectivity index (χ0v) is 16.0. The molecule has 0 radical (unpaired) electrons. The van der Waals surface area contributed by atoms with Gasteiger partial charge in [-0.15, -0.1) is 0 Å². The minimum absolute atomic E-state index is 0.0851. The first-order valence-electron chi connectivity index (χ1n) is 10.3. The molecule has 1 aliphatic heterocycles. The first kappa shape index (κ1) is 18.9. The van der Waals surface area contributed by atoms with E-state index in [0.29, 0.717) is 5.91 Å². The van der Waals surface area contributed by atoms with Crippen LogP contribution in [0.3, 0.4) is 0 Å². The van der Waals surface area contributed by atoms with Crippen LogP contribution in [0.1, 0.15) is 69.8 Å². The van der Waals surface area contributed by atoms with E-state index in [1.54, 1.807) is 0 Å². The van der Waals surface area contributed by atoms with Gasteiger partial charge in [-0.25, -0.2) is 0 Å². The number of rotatable bonds is 5. The van der Waals surface area contributed by atoms with Crippen LogP contribution in [-0.2, 0) is 9.59 Å². The van der Waals surface area contributed by atoms with Crippen molar-refractivity contribution in [3.8, 4) is 0 Å². The number of hydrogen-bond acceptors (Lipinski definition) is 2. The van der Waals surface area contributed by atoms with E-state index in [2.05, 4.69) is 12.2 Å². The van der Waals surface area contributed by atoms with Gasteiger partial charge in [0, 0.05) is 25.0 Å². The predicted molar refractivity (Wildman–Crippen MR) is 104 cm³/mol. The van der Waals surface area contributed by atoms with Gasteiger partial charge in [-0.2, -0.15) is 0 Å². The molecule has 1 aromatic rings. The van der Waals surface area contributed by atoms with E-state index in [-0.39, 0.29) is 23.8 Å². The third-order valence-corrected chi connectivity index (χ3v) is 6.03. The van der Waals surface area contributed by atoms with Crippen LogP contribution in [0.2, 0.25) is 0 Å². The van der Waals surface area contributed by atoms with Gasteiger partial charge in [0.05, 0.1) is 5.92 Å². The second-order valence-corrected chi connectivity index (χ2v) is 7.81. The van der Waals surface area contributed by atoms with Crippen LogP contribution in [0.15, 0.2) is 30.3 Å². The zero-order valence-electron chi connectivity index (χ0n) is 16.0. The molecule has 0 aromatic heterocycles. The minimum Gasteiger partial charge on any atom is -0.353 e. The zero-order chi connectivity index (χ0) is 18.4. The molecule has 1 heterocycles. The van der Waals surface area contributed by atoms with E-state index in [9.17, 15) is 9.59 Å². The van der Waals surface area contributed by atoms with Crippen molar-refractivity contribution in [1.29, 1.82) is 0 Å². The first-order chi connectivity index (χ1) is 12.7. The second kappa shape index (κ2) is 9.20. The summed E-state index contributed by atoms with van der Waals surface area (Å²) < 4.78 is 0. The Bertz CT molecular complexity index is 587. The molecule has 4 nitrogen and oxygen atoms in total. The van der Waals surface area contributed by atoms with Gasteiger partial charge in [0.25, 0.3) is 0 Å². The second-order valence-electron chi connectivity index (χ2n) is 7.81. The number of amides is 2. The molecule has 0 spiro atoms. The maximum atomic E-state index is 12.7. The van der Waals surface area contributed by atoms with Crippen LogP contribution in [0.25, 0.3) is 0 Å². The third kappa shape index (κ3) is 4.66. The summed E-state index contributed by atoms with van der Waals surface area (Å²) in [5.41, 5.74) is 1.08. The Hall–Kier alpha value is -1.84. The van der Waals surface area contributed by atoms with Gasteiger partial charge in [-0.05, 0) is 37.7 Å². The lowest BCUT2D eigenvalue weighted by Gasteiger charge is -2.35. The van der Waals surface area contributed by atoms with Crippen molar-refractivity contribution in [2.24, 2.45) is 5.92 Å². The Labute approximate surface area is 157 Å². The SMILES string of the molecule is CCC(C(=O)NC1CCN(C(=O)C2CCCCC2)CC1)c1ccccc1. The molecule has 0 bridgehead atoms. The van der Waals surface area contributed by atoms with E-state index in [0.717, 1.165) is 50.8 Å². The van der Waals surface area contributed by atoms with Crippen molar-refractivity contribution >= 4 is 11.8 Å². The molecule has 142 valence electrons. The average molecular weight is 357 g/mol. The fourth-order valence-electron chi connectivity index (χ4n) is 4.41. The van der Waals surface area contributed by atoms with Crippen LogP contribution in [0, 0.1) is 5.92 Å². The lowest BCUT2D eigenvalue weighted by atomic mass is 9.87. The van der Waals surface area contributed by atoms with E-state index in [4.69, 9.17) is 0 Å². The van der Waals surface area contributed by atoms with Crippen LogP contribution in [-0.4, -0.2) is 35.8 Å². The van der Waals surface area contributed by atoms with Crippen LogP contribution in [0.4, 0.5) is 0 Å².